The smallest absolute Gasteiger partial charge is 0.255 e. The van der Waals surface area contributed by atoms with Crippen molar-refractivity contribution < 1.29 is 14.0 Å². The van der Waals surface area contributed by atoms with Crippen LogP contribution >= 0.6 is 0 Å². The number of aromatic nitrogens is 1. The summed E-state index contributed by atoms with van der Waals surface area (Å²) in [6.07, 6.45) is 7.46. The summed E-state index contributed by atoms with van der Waals surface area (Å²) in [7, 11) is 0. The lowest BCUT2D eigenvalue weighted by Gasteiger charge is -2.35. The molecule has 1 unspecified atom stereocenters. The van der Waals surface area contributed by atoms with Crippen LogP contribution < -0.4 is 5.32 Å². The van der Waals surface area contributed by atoms with Gasteiger partial charge in [-0.15, -0.1) is 0 Å². The van der Waals surface area contributed by atoms with Gasteiger partial charge < -0.3 is 10.2 Å². The van der Waals surface area contributed by atoms with E-state index in [0.29, 0.717) is 29.7 Å². The molecule has 1 atom stereocenters. The number of hydrogen-bond donors (Lipinski definition) is 1. The minimum Gasteiger partial charge on any atom is -0.352 e. The van der Waals surface area contributed by atoms with Crippen molar-refractivity contribution in [1.82, 2.24) is 15.2 Å². The molecule has 0 bridgehead atoms. The Kier molecular flexibility index (Phi) is 6.74. The van der Waals surface area contributed by atoms with E-state index in [1.54, 1.807) is 24.3 Å². The highest BCUT2D eigenvalue weighted by Gasteiger charge is 2.26. The van der Waals surface area contributed by atoms with Gasteiger partial charge in [-0.05, 0) is 49.8 Å². The standard InChI is InChI=1S/C22H26FN3O2/c1-2-19-8-5-6-12-26(19)22(28)18-13-17(14-24-15-18)21(27)25-11-10-16-7-3-4-9-20(16)23/h3-4,7,9,13-15,19H,2,5-6,8,10-12H2,1H3,(H,25,27). The van der Waals surface area contributed by atoms with Gasteiger partial charge in [0, 0.05) is 31.5 Å². The maximum Gasteiger partial charge on any atom is 0.255 e. The Hall–Kier alpha value is -2.76. The summed E-state index contributed by atoms with van der Waals surface area (Å²) >= 11 is 0. The van der Waals surface area contributed by atoms with E-state index in [-0.39, 0.29) is 23.7 Å². The highest BCUT2D eigenvalue weighted by atomic mass is 19.1. The minimum absolute atomic E-state index is 0.0694. The number of likely N-dealkylation sites (tertiary alicyclic amines) is 1. The molecule has 1 aromatic carbocycles. The van der Waals surface area contributed by atoms with Crippen molar-refractivity contribution in [2.24, 2.45) is 0 Å². The third kappa shape index (κ3) is 4.74. The molecule has 2 amide bonds. The summed E-state index contributed by atoms with van der Waals surface area (Å²) in [5.41, 5.74) is 1.33. The molecule has 1 aliphatic rings. The summed E-state index contributed by atoms with van der Waals surface area (Å²) in [5.74, 6) is -0.665. The quantitative estimate of drug-likeness (QED) is 0.829. The Bertz CT molecular complexity index is 840. The van der Waals surface area contributed by atoms with E-state index in [4.69, 9.17) is 0 Å². The van der Waals surface area contributed by atoms with Gasteiger partial charge in [0.2, 0.25) is 0 Å². The van der Waals surface area contributed by atoms with Crippen LogP contribution in [0.15, 0.2) is 42.7 Å². The second-order valence-electron chi connectivity index (χ2n) is 7.12. The van der Waals surface area contributed by atoms with Crippen molar-refractivity contribution in [3.8, 4) is 0 Å². The third-order valence-corrected chi connectivity index (χ3v) is 5.24. The Balaban J connectivity index is 1.62. The Morgan fingerprint density at radius 1 is 1.21 bits per heavy atom. The minimum atomic E-state index is -0.316. The van der Waals surface area contributed by atoms with Crippen molar-refractivity contribution in [2.45, 2.75) is 45.1 Å². The number of hydrogen-bond acceptors (Lipinski definition) is 3. The van der Waals surface area contributed by atoms with Gasteiger partial charge in [-0.1, -0.05) is 25.1 Å². The van der Waals surface area contributed by atoms with Crippen molar-refractivity contribution >= 4 is 11.8 Å². The fourth-order valence-electron chi connectivity index (χ4n) is 3.65. The first kappa shape index (κ1) is 20.0. The van der Waals surface area contributed by atoms with Gasteiger partial charge in [-0.2, -0.15) is 0 Å². The molecule has 0 radical (unpaired) electrons. The zero-order valence-electron chi connectivity index (χ0n) is 16.2. The van der Waals surface area contributed by atoms with E-state index in [2.05, 4.69) is 17.2 Å². The van der Waals surface area contributed by atoms with Crippen LogP contribution in [0.3, 0.4) is 0 Å². The van der Waals surface area contributed by atoms with Crippen molar-refractivity contribution in [2.75, 3.05) is 13.1 Å². The molecule has 0 aliphatic carbocycles. The molecule has 1 saturated heterocycles. The highest BCUT2D eigenvalue weighted by molar-refractivity contribution is 5.99. The van der Waals surface area contributed by atoms with Crippen LogP contribution in [0.25, 0.3) is 0 Å². The number of halogens is 1. The van der Waals surface area contributed by atoms with Crippen LogP contribution in [0.1, 0.15) is 58.9 Å². The van der Waals surface area contributed by atoms with Gasteiger partial charge >= 0.3 is 0 Å². The summed E-state index contributed by atoms with van der Waals surface area (Å²) in [4.78, 5) is 31.3. The molecule has 1 fully saturated rings. The van der Waals surface area contributed by atoms with Crippen molar-refractivity contribution in [1.29, 1.82) is 0 Å². The summed E-state index contributed by atoms with van der Waals surface area (Å²) < 4.78 is 13.7. The molecule has 1 aromatic heterocycles. The molecule has 5 nitrogen and oxygen atoms in total. The number of amides is 2. The zero-order valence-corrected chi connectivity index (χ0v) is 16.2. The lowest BCUT2D eigenvalue weighted by molar-refractivity contribution is 0.0607. The number of benzene rings is 1. The molecule has 148 valence electrons. The Labute approximate surface area is 165 Å². The summed E-state index contributed by atoms with van der Waals surface area (Å²) in [5, 5.41) is 2.77. The van der Waals surface area contributed by atoms with Gasteiger partial charge in [0.15, 0.2) is 0 Å². The molecule has 2 heterocycles. The number of pyridine rings is 1. The Morgan fingerprint density at radius 2 is 2.00 bits per heavy atom. The largest absolute Gasteiger partial charge is 0.352 e. The maximum atomic E-state index is 13.7. The van der Waals surface area contributed by atoms with Crippen LogP contribution in [0, 0.1) is 5.82 Å². The number of nitrogens with one attached hydrogen (secondary N) is 1. The predicted octanol–water partition coefficient (Wildman–Crippen LogP) is 3.60. The third-order valence-electron chi connectivity index (χ3n) is 5.24. The van der Waals surface area contributed by atoms with Gasteiger partial charge in [0.05, 0.1) is 11.1 Å². The number of rotatable bonds is 6. The average molecular weight is 383 g/mol. The second kappa shape index (κ2) is 9.44. The maximum absolute atomic E-state index is 13.7. The monoisotopic (exact) mass is 383 g/mol. The molecular formula is C22H26FN3O2. The number of nitrogens with zero attached hydrogens (tertiary/aromatic N) is 2. The normalized spacial score (nSPS) is 16.6. The summed E-state index contributed by atoms with van der Waals surface area (Å²) in [6, 6.07) is 8.35. The van der Waals surface area contributed by atoms with Gasteiger partial charge in [-0.3, -0.25) is 14.6 Å². The average Bonchev–Trinajstić information content (AvgIpc) is 2.74. The molecule has 6 heteroatoms. The van der Waals surface area contributed by atoms with E-state index >= 15 is 0 Å². The first-order valence-electron chi connectivity index (χ1n) is 9.87. The van der Waals surface area contributed by atoms with Crippen molar-refractivity contribution in [3.05, 3.63) is 65.2 Å². The lowest BCUT2D eigenvalue weighted by Crippen LogP contribution is -2.43. The molecule has 28 heavy (non-hydrogen) atoms. The molecule has 0 spiro atoms. The molecule has 0 saturated carbocycles. The first-order valence-corrected chi connectivity index (χ1v) is 9.87. The van der Waals surface area contributed by atoms with Gasteiger partial charge in [0.25, 0.3) is 11.8 Å². The van der Waals surface area contributed by atoms with Gasteiger partial charge in [0.1, 0.15) is 5.82 Å². The fraction of sp³-hybridized carbons (Fsp3) is 0.409. The molecular weight excluding hydrogens is 357 g/mol. The number of carbonyl (C=O) groups excluding carboxylic acids is 2. The lowest BCUT2D eigenvalue weighted by atomic mass is 9.99. The topological polar surface area (TPSA) is 62.3 Å². The van der Waals surface area contributed by atoms with Crippen LogP contribution in [0.4, 0.5) is 4.39 Å². The van der Waals surface area contributed by atoms with Crippen LogP contribution in [0.2, 0.25) is 0 Å². The zero-order chi connectivity index (χ0) is 19.9. The van der Waals surface area contributed by atoms with Crippen LogP contribution in [-0.2, 0) is 6.42 Å². The Morgan fingerprint density at radius 3 is 2.79 bits per heavy atom. The predicted molar refractivity (Wildman–Crippen MR) is 106 cm³/mol. The fourth-order valence-corrected chi connectivity index (χ4v) is 3.65. The van der Waals surface area contributed by atoms with Gasteiger partial charge in [-0.25, -0.2) is 4.39 Å². The van der Waals surface area contributed by atoms with E-state index in [1.165, 1.54) is 18.5 Å². The molecule has 2 aromatic rings. The first-order chi connectivity index (χ1) is 13.6. The summed E-state index contributed by atoms with van der Waals surface area (Å²) in [6.45, 7) is 3.15. The van der Waals surface area contributed by atoms with E-state index in [1.807, 2.05) is 4.90 Å². The van der Waals surface area contributed by atoms with Crippen LogP contribution in [0.5, 0.6) is 0 Å². The number of carbonyl (C=O) groups is 2. The molecule has 1 aliphatic heterocycles. The van der Waals surface area contributed by atoms with E-state index < -0.39 is 0 Å². The van der Waals surface area contributed by atoms with Crippen molar-refractivity contribution in [3.63, 3.8) is 0 Å². The highest BCUT2D eigenvalue weighted by Crippen LogP contribution is 2.21. The van der Waals surface area contributed by atoms with E-state index in [9.17, 15) is 14.0 Å². The number of piperidine rings is 1. The SMILES string of the molecule is CCC1CCCCN1C(=O)c1cncc(C(=O)NCCc2ccccc2F)c1. The molecule has 3 rings (SSSR count). The molecule has 1 N–H and O–H groups in total. The van der Waals surface area contributed by atoms with Crippen LogP contribution in [-0.4, -0.2) is 40.8 Å². The second-order valence-corrected chi connectivity index (χ2v) is 7.12. The van der Waals surface area contributed by atoms with E-state index in [0.717, 1.165) is 32.2 Å².